The summed E-state index contributed by atoms with van der Waals surface area (Å²) in [5, 5.41) is 0. The average Bonchev–Trinajstić information content (AvgIpc) is 1.83. The highest BCUT2D eigenvalue weighted by Crippen LogP contribution is 2.32. The van der Waals surface area contributed by atoms with Crippen molar-refractivity contribution in [3.8, 4) is 0 Å². The van der Waals surface area contributed by atoms with Gasteiger partial charge in [0.1, 0.15) is 3.23 Å². The van der Waals surface area contributed by atoms with E-state index in [1.54, 1.807) is 6.92 Å². The summed E-state index contributed by atoms with van der Waals surface area (Å²) in [5.74, 6) is -0.420. The van der Waals surface area contributed by atoms with Crippen LogP contribution in [-0.4, -0.2) is 16.3 Å². The van der Waals surface area contributed by atoms with Gasteiger partial charge in [-0.25, -0.2) is 4.79 Å². The molecule has 0 saturated carbocycles. The SMILES string of the molecule is C=C(C(=O)OC)C(C)(Br)Br. The maximum atomic E-state index is 10.8. The number of rotatable bonds is 2. The summed E-state index contributed by atoms with van der Waals surface area (Å²) < 4.78 is 3.88. The molecule has 0 heterocycles. The van der Waals surface area contributed by atoms with Crippen LogP contribution in [0, 0.1) is 0 Å². The van der Waals surface area contributed by atoms with Crippen LogP contribution >= 0.6 is 31.9 Å². The van der Waals surface area contributed by atoms with Crippen molar-refractivity contribution < 1.29 is 9.53 Å². The van der Waals surface area contributed by atoms with Gasteiger partial charge < -0.3 is 4.74 Å². The Morgan fingerprint density at radius 2 is 2.00 bits per heavy atom. The van der Waals surface area contributed by atoms with Gasteiger partial charge in [-0.05, 0) is 6.92 Å². The van der Waals surface area contributed by atoms with E-state index in [0.717, 1.165) is 0 Å². The molecular formula is C6H8Br2O2. The van der Waals surface area contributed by atoms with Crippen LogP contribution < -0.4 is 0 Å². The third-order valence-electron chi connectivity index (χ3n) is 0.962. The van der Waals surface area contributed by atoms with E-state index in [9.17, 15) is 4.79 Å². The van der Waals surface area contributed by atoms with E-state index >= 15 is 0 Å². The molecule has 0 unspecified atom stereocenters. The molecule has 10 heavy (non-hydrogen) atoms. The zero-order valence-electron chi connectivity index (χ0n) is 5.78. The lowest BCUT2D eigenvalue weighted by Gasteiger charge is -2.14. The van der Waals surface area contributed by atoms with E-state index in [4.69, 9.17) is 0 Å². The van der Waals surface area contributed by atoms with Gasteiger partial charge in [0.05, 0.1) is 12.7 Å². The van der Waals surface area contributed by atoms with Gasteiger partial charge in [0.25, 0.3) is 0 Å². The molecule has 0 aliphatic rings. The fraction of sp³-hybridized carbons (Fsp3) is 0.500. The Labute approximate surface area is 76.9 Å². The zero-order chi connectivity index (χ0) is 8.36. The van der Waals surface area contributed by atoms with E-state index in [1.807, 2.05) is 0 Å². The fourth-order valence-electron chi connectivity index (χ4n) is 0.302. The second kappa shape index (κ2) is 3.53. The molecule has 2 nitrogen and oxygen atoms in total. The van der Waals surface area contributed by atoms with Crippen molar-refractivity contribution in [3.63, 3.8) is 0 Å². The maximum absolute atomic E-state index is 10.8. The summed E-state index contributed by atoms with van der Waals surface area (Å²) in [5.41, 5.74) is 0.343. The predicted octanol–water partition coefficient (Wildman–Crippen LogP) is 2.22. The van der Waals surface area contributed by atoms with Crippen molar-refractivity contribution in [1.29, 1.82) is 0 Å². The molecule has 0 amide bonds. The summed E-state index contributed by atoms with van der Waals surface area (Å²) in [6, 6.07) is 0. The lowest BCUT2D eigenvalue weighted by molar-refractivity contribution is -0.136. The molecule has 0 aromatic carbocycles. The topological polar surface area (TPSA) is 26.3 Å². The quantitative estimate of drug-likeness (QED) is 0.437. The summed E-state index contributed by atoms with van der Waals surface area (Å²) in [6.07, 6.45) is 0. The molecule has 0 aliphatic carbocycles. The first kappa shape index (κ1) is 10.2. The molecule has 0 radical (unpaired) electrons. The van der Waals surface area contributed by atoms with Crippen molar-refractivity contribution >= 4 is 37.8 Å². The number of carbonyl (C=O) groups is 1. The van der Waals surface area contributed by atoms with E-state index < -0.39 is 9.20 Å². The molecule has 58 valence electrons. The van der Waals surface area contributed by atoms with Gasteiger partial charge >= 0.3 is 5.97 Å². The number of carbonyl (C=O) groups excluding carboxylic acids is 1. The summed E-state index contributed by atoms with van der Waals surface area (Å²) >= 11 is 6.40. The third-order valence-corrected chi connectivity index (χ3v) is 1.92. The number of halogens is 2. The minimum absolute atomic E-state index is 0.343. The lowest BCUT2D eigenvalue weighted by atomic mass is 10.2. The van der Waals surface area contributed by atoms with Crippen molar-refractivity contribution in [3.05, 3.63) is 12.2 Å². The minimum Gasteiger partial charge on any atom is -0.466 e. The fourth-order valence-corrected chi connectivity index (χ4v) is 0.626. The van der Waals surface area contributed by atoms with Gasteiger partial charge in [-0.3, -0.25) is 0 Å². The molecule has 0 rings (SSSR count). The molecule has 0 N–H and O–H groups in total. The molecule has 0 saturated heterocycles. The van der Waals surface area contributed by atoms with Gasteiger partial charge in [0, 0.05) is 0 Å². The second-order valence-corrected chi connectivity index (χ2v) is 6.09. The maximum Gasteiger partial charge on any atom is 0.335 e. The van der Waals surface area contributed by atoms with Gasteiger partial charge in [-0.15, -0.1) is 0 Å². The normalized spacial score (nSPS) is 10.8. The Bertz CT molecular complexity index is 158. The first-order valence-corrected chi connectivity index (χ1v) is 4.13. The number of alkyl halides is 2. The first-order valence-electron chi connectivity index (χ1n) is 2.55. The average molecular weight is 272 g/mol. The Morgan fingerprint density at radius 3 is 2.10 bits per heavy atom. The van der Waals surface area contributed by atoms with Gasteiger partial charge in [0.15, 0.2) is 0 Å². The Morgan fingerprint density at radius 1 is 1.60 bits per heavy atom. The van der Waals surface area contributed by atoms with Crippen molar-refractivity contribution in [2.45, 2.75) is 10.2 Å². The Balaban J connectivity index is 4.24. The van der Waals surface area contributed by atoms with Crippen molar-refractivity contribution in [1.82, 2.24) is 0 Å². The van der Waals surface area contributed by atoms with E-state index in [-0.39, 0.29) is 0 Å². The number of esters is 1. The highest BCUT2D eigenvalue weighted by molar-refractivity contribution is 9.25. The Kier molecular flexibility index (Phi) is 3.59. The number of methoxy groups -OCH3 is 1. The van der Waals surface area contributed by atoms with Gasteiger partial charge in [0.2, 0.25) is 0 Å². The number of hydrogen-bond donors (Lipinski definition) is 0. The molecule has 0 aromatic rings. The lowest BCUT2D eigenvalue weighted by Crippen LogP contribution is -2.17. The smallest absolute Gasteiger partial charge is 0.335 e. The molecule has 0 fully saturated rings. The number of hydrogen-bond acceptors (Lipinski definition) is 2. The summed E-state index contributed by atoms with van der Waals surface area (Å²) in [4.78, 5) is 10.8. The molecule has 0 atom stereocenters. The number of ether oxygens (including phenoxy) is 1. The van der Waals surface area contributed by atoms with Gasteiger partial charge in [-0.2, -0.15) is 0 Å². The molecule has 0 bridgehead atoms. The first-order chi connectivity index (χ1) is 4.39. The summed E-state index contributed by atoms with van der Waals surface area (Å²) in [6.45, 7) is 5.28. The third kappa shape index (κ3) is 2.84. The molecule has 0 spiro atoms. The minimum atomic E-state index is -0.562. The van der Waals surface area contributed by atoms with Crippen LogP contribution in [0.1, 0.15) is 6.92 Å². The van der Waals surface area contributed by atoms with Crippen molar-refractivity contribution in [2.24, 2.45) is 0 Å². The molecule has 0 aromatic heterocycles. The standard InChI is InChI=1S/C6H8Br2O2/c1-4(5(9)10-3)6(2,7)8/h1H2,2-3H3. The largest absolute Gasteiger partial charge is 0.466 e. The predicted molar refractivity (Wildman–Crippen MR) is 47.4 cm³/mol. The van der Waals surface area contributed by atoms with Gasteiger partial charge in [-0.1, -0.05) is 38.4 Å². The van der Waals surface area contributed by atoms with Crippen LogP contribution in [0.5, 0.6) is 0 Å². The van der Waals surface area contributed by atoms with Crippen LogP contribution in [-0.2, 0) is 9.53 Å². The van der Waals surface area contributed by atoms with E-state index in [0.29, 0.717) is 5.57 Å². The molecule has 4 heteroatoms. The van der Waals surface area contributed by atoms with Crippen LogP contribution in [0.15, 0.2) is 12.2 Å². The van der Waals surface area contributed by atoms with Crippen molar-refractivity contribution in [2.75, 3.05) is 7.11 Å². The zero-order valence-corrected chi connectivity index (χ0v) is 8.95. The highest BCUT2D eigenvalue weighted by Gasteiger charge is 2.25. The van der Waals surface area contributed by atoms with Crippen LogP contribution in [0.3, 0.4) is 0 Å². The Hall–Kier alpha value is 0.170. The van der Waals surface area contributed by atoms with Crippen LogP contribution in [0.25, 0.3) is 0 Å². The monoisotopic (exact) mass is 270 g/mol. The highest BCUT2D eigenvalue weighted by atomic mass is 79.9. The van der Waals surface area contributed by atoms with E-state index in [1.165, 1.54) is 7.11 Å². The van der Waals surface area contributed by atoms with Crippen LogP contribution in [0.2, 0.25) is 0 Å². The van der Waals surface area contributed by atoms with E-state index in [2.05, 4.69) is 43.2 Å². The second-order valence-electron chi connectivity index (χ2n) is 1.86. The summed E-state index contributed by atoms with van der Waals surface area (Å²) in [7, 11) is 1.32. The molecular weight excluding hydrogens is 264 g/mol. The molecule has 0 aliphatic heterocycles. The van der Waals surface area contributed by atoms with Crippen LogP contribution in [0.4, 0.5) is 0 Å².